The smallest absolute Gasteiger partial charge is 0.220 e. The fourth-order valence-electron chi connectivity index (χ4n) is 3.62. The van der Waals surface area contributed by atoms with Crippen LogP contribution in [0.3, 0.4) is 0 Å². The average molecular weight is 472 g/mol. The van der Waals surface area contributed by atoms with Crippen LogP contribution < -0.4 is 15.4 Å². The van der Waals surface area contributed by atoms with Crippen LogP contribution in [-0.2, 0) is 11.2 Å². The number of guanidine groups is 1. The molecule has 2 heterocycles. The van der Waals surface area contributed by atoms with Crippen molar-refractivity contribution in [1.29, 1.82) is 0 Å². The summed E-state index contributed by atoms with van der Waals surface area (Å²) in [5.74, 6) is 2.54. The van der Waals surface area contributed by atoms with Crippen LogP contribution in [0.2, 0.25) is 0 Å². The van der Waals surface area contributed by atoms with Gasteiger partial charge in [-0.15, -0.1) is 24.0 Å². The molecule has 26 heavy (non-hydrogen) atoms. The second-order valence-corrected chi connectivity index (χ2v) is 6.79. The second kappa shape index (κ2) is 9.99. The first-order valence-electron chi connectivity index (χ1n) is 9.10. The summed E-state index contributed by atoms with van der Waals surface area (Å²) >= 11 is 0. The minimum atomic E-state index is 0. The summed E-state index contributed by atoms with van der Waals surface area (Å²) in [6, 6.07) is 8.22. The van der Waals surface area contributed by atoms with Gasteiger partial charge < -0.3 is 20.3 Å². The van der Waals surface area contributed by atoms with Crippen molar-refractivity contribution in [2.75, 3.05) is 33.7 Å². The van der Waals surface area contributed by atoms with E-state index in [1.165, 1.54) is 5.56 Å². The molecule has 1 saturated heterocycles. The summed E-state index contributed by atoms with van der Waals surface area (Å²) in [4.78, 5) is 18.2. The normalized spacial score (nSPS) is 20.0. The van der Waals surface area contributed by atoms with Crippen molar-refractivity contribution >= 4 is 35.8 Å². The predicted molar refractivity (Wildman–Crippen MR) is 114 cm³/mol. The number of hydrogen-bond acceptors (Lipinski definition) is 3. The predicted octanol–water partition coefficient (Wildman–Crippen LogP) is 2.03. The zero-order chi connectivity index (χ0) is 17.6. The van der Waals surface area contributed by atoms with Gasteiger partial charge in [0.1, 0.15) is 11.9 Å². The van der Waals surface area contributed by atoms with Gasteiger partial charge in [-0.25, -0.2) is 0 Å². The van der Waals surface area contributed by atoms with Crippen LogP contribution in [0.5, 0.6) is 5.75 Å². The van der Waals surface area contributed by atoms with Crippen LogP contribution >= 0.6 is 24.0 Å². The second-order valence-electron chi connectivity index (χ2n) is 6.79. The molecule has 2 aliphatic rings. The van der Waals surface area contributed by atoms with Crippen molar-refractivity contribution in [3.63, 3.8) is 0 Å². The number of fused-ring (bicyclic) bond motifs is 1. The lowest BCUT2D eigenvalue weighted by atomic mass is 9.93. The number of halogens is 1. The van der Waals surface area contributed by atoms with Crippen molar-refractivity contribution in [2.24, 2.45) is 10.9 Å². The zero-order valence-corrected chi connectivity index (χ0v) is 17.9. The van der Waals surface area contributed by atoms with Crippen molar-refractivity contribution in [2.45, 2.75) is 31.8 Å². The Bertz CT molecular complexity index is 605. The third-order valence-corrected chi connectivity index (χ3v) is 5.08. The molecule has 2 N–H and O–H groups in total. The number of likely N-dealkylation sites (tertiary alicyclic amines) is 1. The maximum absolute atomic E-state index is 11.5. The fraction of sp³-hybridized carbons (Fsp3) is 0.579. The van der Waals surface area contributed by atoms with Gasteiger partial charge in [0, 0.05) is 40.0 Å². The molecule has 1 aromatic carbocycles. The molecule has 1 amide bonds. The molecule has 0 aromatic heterocycles. The molecule has 1 unspecified atom stereocenters. The third kappa shape index (κ3) is 5.25. The Morgan fingerprint density at radius 1 is 1.31 bits per heavy atom. The number of hydrogen-bond donors (Lipinski definition) is 2. The average Bonchev–Trinajstić information content (AvgIpc) is 3.06. The number of ether oxygens (including phenoxy) is 1. The minimum Gasteiger partial charge on any atom is -0.488 e. The quantitative estimate of drug-likeness (QED) is 0.400. The van der Waals surface area contributed by atoms with Gasteiger partial charge in [0.2, 0.25) is 5.91 Å². The van der Waals surface area contributed by atoms with E-state index in [1.54, 1.807) is 7.05 Å². The Balaban J connectivity index is 0.00000243. The standard InChI is InChI=1S/C19H28N4O2.HI/c1-20-18(24)11-14-7-9-23(10-8-14)19(21-2)22-13-16-12-15-5-3-4-6-17(15)25-16;/h3-6,14,16H,7-13H2,1-2H3,(H,20,24)(H,21,22);1H. The lowest BCUT2D eigenvalue weighted by molar-refractivity contribution is -0.121. The summed E-state index contributed by atoms with van der Waals surface area (Å²) in [7, 11) is 3.52. The fourth-order valence-corrected chi connectivity index (χ4v) is 3.62. The van der Waals surface area contributed by atoms with E-state index in [2.05, 4.69) is 32.7 Å². The number of benzene rings is 1. The molecule has 0 radical (unpaired) electrons. The Labute approximate surface area is 172 Å². The molecule has 0 bridgehead atoms. The van der Waals surface area contributed by atoms with E-state index in [0.29, 0.717) is 12.3 Å². The van der Waals surface area contributed by atoms with E-state index in [1.807, 2.05) is 19.2 Å². The molecular formula is C19H29IN4O2. The number of aliphatic imine (C=N–C) groups is 1. The molecule has 0 spiro atoms. The van der Waals surface area contributed by atoms with E-state index in [-0.39, 0.29) is 36.0 Å². The van der Waals surface area contributed by atoms with Crippen LogP contribution in [-0.4, -0.2) is 56.6 Å². The highest BCUT2D eigenvalue weighted by atomic mass is 127. The SMILES string of the molecule is CN=C(NCC1Cc2ccccc2O1)N1CCC(CC(=O)NC)CC1.I. The van der Waals surface area contributed by atoms with E-state index < -0.39 is 0 Å². The van der Waals surface area contributed by atoms with Crippen LogP contribution in [0.1, 0.15) is 24.8 Å². The molecular weight excluding hydrogens is 443 g/mol. The maximum Gasteiger partial charge on any atom is 0.220 e. The van der Waals surface area contributed by atoms with E-state index in [0.717, 1.165) is 50.6 Å². The molecule has 0 aliphatic carbocycles. The summed E-state index contributed by atoms with van der Waals surface area (Å²) in [5, 5.41) is 6.17. The van der Waals surface area contributed by atoms with Crippen LogP contribution in [0, 0.1) is 5.92 Å². The number of carbonyl (C=O) groups excluding carboxylic acids is 1. The first-order chi connectivity index (χ1) is 12.2. The van der Waals surface area contributed by atoms with Gasteiger partial charge in [-0.3, -0.25) is 9.79 Å². The zero-order valence-electron chi connectivity index (χ0n) is 15.5. The van der Waals surface area contributed by atoms with Gasteiger partial charge in [0.05, 0.1) is 6.54 Å². The van der Waals surface area contributed by atoms with Crippen molar-refractivity contribution < 1.29 is 9.53 Å². The molecule has 3 rings (SSSR count). The number of para-hydroxylation sites is 1. The summed E-state index contributed by atoms with van der Waals surface area (Å²) < 4.78 is 5.98. The highest BCUT2D eigenvalue weighted by Gasteiger charge is 2.25. The number of piperidine rings is 1. The molecule has 0 saturated carbocycles. The summed E-state index contributed by atoms with van der Waals surface area (Å²) in [5.41, 5.74) is 1.28. The Kier molecular flexibility index (Phi) is 7.99. The van der Waals surface area contributed by atoms with Gasteiger partial charge in [0.25, 0.3) is 0 Å². The monoisotopic (exact) mass is 472 g/mol. The molecule has 1 fully saturated rings. The van der Waals surface area contributed by atoms with Gasteiger partial charge in [0.15, 0.2) is 5.96 Å². The molecule has 1 aromatic rings. The molecule has 2 aliphatic heterocycles. The Morgan fingerprint density at radius 2 is 2.04 bits per heavy atom. The number of nitrogens with zero attached hydrogens (tertiary/aromatic N) is 2. The van der Waals surface area contributed by atoms with E-state index >= 15 is 0 Å². The van der Waals surface area contributed by atoms with E-state index in [4.69, 9.17) is 4.74 Å². The number of rotatable bonds is 4. The molecule has 6 nitrogen and oxygen atoms in total. The molecule has 144 valence electrons. The Morgan fingerprint density at radius 3 is 2.69 bits per heavy atom. The Hall–Kier alpha value is -1.51. The number of nitrogens with one attached hydrogen (secondary N) is 2. The topological polar surface area (TPSA) is 66.0 Å². The minimum absolute atomic E-state index is 0. The first-order valence-corrected chi connectivity index (χ1v) is 9.10. The van der Waals surface area contributed by atoms with Crippen molar-refractivity contribution in [3.8, 4) is 5.75 Å². The largest absolute Gasteiger partial charge is 0.488 e. The highest BCUT2D eigenvalue weighted by Crippen LogP contribution is 2.27. The highest BCUT2D eigenvalue weighted by molar-refractivity contribution is 14.0. The number of amides is 1. The number of carbonyl (C=O) groups is 1. The van der Waals surface area contributed by atoms with Crippen molar-refractivity contribution in [1.82, 2.24) is 15.5 Å². The van der Waals surface area contributed by atoms with Gasteiger partial charge >= 0.3 is 0 Å². The van der Waals surface area contributed by atoms with Crippen LogP contribution in [0.25, 0.3) is 0 Å². The van der Waals surface area contributed by atoms with E-state index in [9.17, 15) is 4.79 Å². The van der Waals surface area contributed by atoms with Gasteiger partial charge in [-0.05, 0) is 30.4 Å². The summed E-state index contributed by atoms with van der Waals surface area (Å²) in [6.07, 6.45) is 3.78. The summed E-state index contributed by atoms with van der Waals surface area (Å²) in [6.45, 7) is 2.62. The van der Waals surface area contributed by atoms with Crippen molar-refractivity contribution in [3.05, 3.63) is 29.8 Å². The third-order valence-electron chi connectivity index (χ3n) is 5.08. The lowest BCUT2D eigenvalue weighted by Crippen LogP contribution is -2.48. The van der Waals surface area contributed by atoms with Gasteiger partial charge in [-0.2, -0.15) is 0 Å². The van der Waals surface area contributed by atoms with Crippen LogP contribution in [0.15, 0.2) is 29.3 Å². The first kappa shape index (κ1) is 20.8. The lowest BCUT2D eigenvalue weighted by Gasteiger charge is -2.34. The van der Waals surface area contributed by atoms with Crippen LogP contribution in [0.4, 0.5) is 0 Å². The molecule has 1 atom stereocenters. The molecule has 7 heteroatoms. The van der Waals surface area contributed by atoms with Gasteiger partial charge in [-0.1, -0.05) is 18.2 Å². The maximum atomic E-state index is 11.5.